The normalized spacial score (nSPS) is 10.7. The van der Waals surface area contributed by atoms with E-state index in [1.807, 2.05) is 24.3 Å². The highest BCUT2D eigenvalue weighted by molar-refractivity contribution is 5.79. The summed E-state index contributed by atoms with van der Waals surface area (Å²) in [5.74, 6) is 0.925. The number of rotatable bonds is 3. The van der Waals surface area contributed by atoms with E-state index in [9.17, 15) is 0 Å². The predicted molar refractivity (Wildman–Crippen MR) is 67.8 cm³/mol. The highest BCUT2D eigenvalue weighted by Gasteiger charge is 2.05. The Morgan fingerprint density at radius 2 is 1.89 bits per heavy atom. The summed E-state index contributed by atoms with van der Waals surface area (Å²) in [6, 6.07) is 9.36. The number of nitrogens with two attached hydrogens (primary N) is 1. The first-order valence-electron chi connectivity index (χ1n) is 5.48. The second-order valence-corrected chi connectivity index (χ2v) is 3.79. The van der Waals surface area contributed by atoms with Crippen LogP contribution in [0.5, 0.6) is 0 Å². The lowest BCUT2D eigenvalue weighted by Crippen LogP contribution is -2.06. The number of nitrogens with zero attached hydrogens (tertiary/aromatic N) is 3. The smallest absolute Gasteiger partial charge is 0.169 e. The van der Waals surface area contributed by atoms with Crippen LogP contribution in [0.1, 0.15) is 5.69 Å². The summed E-state index contributed by atoms with van der Waals surface area (Å²) in [7, 11) is 0. The van der Waals surface area contributed by atoms with Crippen LogP contribution in [0, 0.1) is 0 Å². The van der Waals surface area contributed by atoms with Crippen molar-refractivity contribution in [2.75, 3.05) is 11.1 Å². The molecule has 0 saturated heterocycles. The molecule has 2 aromatic heterocycles. The summed E-state index contributed by atoms with van der Waals surface area (Å²) in [6.45, 7) is 0.494. The quantitative estimate of drug-likeness (QED) is 0.726. The molecule has 6 nitrogen and oxygen atoms in total. The Bertz CT molecular complexity index is 665. The lowest BCUT2D eigenvalue weighted by molar-refractivity contribution is 0.412. The fourth-order valence-electron chi connectivity index (χ4n) is 1.65. The van der Waals surface area contributed by atoms with Gasteiger partial charge in [0.1, 0.15) is 12.0 Å². The maximum atomic E-state index is 5.85. The largest absolute Gasteiger partial charge is 0.381 e. The van der Waals surface area contributed by atoms with Gasteiger partial charge in [-0.1, -0.05) is 17.3 Å². The molecule has 0 aliphatic carbocycles. The van der Waals surface area contributed by atoms with E-state index >= 15 is 0 Å². The van der Waals surface area contributed by atoms with Gasteiger partial charge in [0.2, 0.25) is 0 Å². The van der Waals surface area contributed by atoms with Gasteiger partial charge in [0.05, 0.1) is 17.6 Å². The lowest BCUT2D eigenvalue weighted by Gasteiger charge is -2.07. The topological polar surface area (TPSA) is 89.9 Å². The Hall–Kier alpha value is -2.63. The zero-order chi connectivity index (χ0) is 12.4. The van der Waals surface area contributed by atoms with Gasteiger partial charge in [0.15, 0.2) is 11.6 Å². The standard InChI is InChI=1S/C12H11N5O/c13-11-12(14-7-8-5-6-18-17-8)16-10-4-2-1-3-9(10)15-11/h1-6H,7H2,(H2,13,15)(H,14,16). The van der Waals surface area contributed by atoms with Gasteiger partial charge in [-0.25, -0.2) is 9.97 Å². The molecular formula is C12H11N5O. The van der Waals surface area contributed by atoms with Crippen LogP contribution in [-0.4, -0.2) is 15.1 Å². The molecule has 1 aromatic carbocycles. The van der Waals surface area contributed by atoms with Crippen LogP contribution in [0.15, 0.2) is 41.1 Å². The van der Waals surface area contributed by atoms with Crippen LogP contribution in [-0.2, 0) is 6.54 Å². The SMILES string of the molecule is Nc1nc2ccccc2nc1NCc1ccon1. The molecule has 18 heavy (non-hydrogen) atoms. The van der Waals surface area contributed by atoms with Crippen molar-refractivity contribution in [3.8, 4) is 0 Å². The van der Waals surface area contributed by atoms with Gasteiger partial charge in [-0.2, -0.15) is 0 Å². The molecule has 3 N–H and O–H groups in total. The average molecular weight is 241 g/mol. The van der Waals surface area contributed by atoms with Crippen LogP contribution in [0.4, 0.5) is 11.6 Å². The van der Waals surface area contributed by atoms with Gasteiger partial charge in [0.25, 0.3) is 0 Å². The van der Waals surface area contributed by atoms with Gasteiger partial charge < -0.3 is 15.6 Å². The monoisotopic (exact) mass is 241 g/mol. The lowest BCUT2D eigenvalue weighted by atomic mass is 10.3. The van der Waals surface area contributed by atoms with Crippen molar-refractivity contribution < 1.29 is 4.52 Å². The molecule has 90 valence electrons. The van der Waals surface area contributed by atoms with E-state index in [1.165, 1.54) is 6.26 Å². The molecule has 0 spiro atoms. The van der Waals surface area contributed by atoms with Crippen LogP contribution in [0.3, 0.4) is 0 Å². The Labute approximate surface area is 103 Å². The number of anilines is 2. The summed E-state index contributed by atoms with van der Waals surface area (Å²) in [4.78, 5) is 8.70. The molecule has 0 bridgehead atoms. The third-order valence-electron chi connectivity index (χ3n) is 2.53. The van der Waals surface area contributed by atoms with E-state index in [4.69, 9.17) is 10.3 Å². The highest BCUT2D eigenvalue weighted by atomic mass is 16.5. The average Bonchev–Trinajstić information content (AvgIpc) is 2.89. The van der Waals surface area contributed by atoms with Crippen molar-refractivity contribution >= 4 is 22.7 Å². The molecule has 0 radical (unpaired) electrons. The molecule has 0 atom stereocenters. The number of hydrogen-bond donors (Lipinski definition) is 2. The molecule has 3 rings (SSSR count). The van der Waals surface area contributed by atoms with Crippen molar-refractivity contribution in [1.82, 2.24) is 15.1 Å². The van der Waals surface area contributed by atoms with Crippen LogP contribution < -0.4 is 11.1 Å². The fourth-order valence-corrected chi connectivity index (χ4v) is 1.65. The summed E-state index contributed by atoms with van der Waals surface area (Å²) in [6.07, 6.45) is 1.52. The number of nitrogens with one attached hydrogen (secondary N) is 1. The van der Waals surface area contributed by atoms with Crippen molar-refractivity contribution in [2.45, 2.75) is 6.54 Å². The van der Waals surface area contributed by atoms with Crippen LogP contribution >= 0.6 is 0 Å². The highest BCUT2D eigenvalue weighted by Crippen LogP contribution is 2.18. The third kappa shape index (κ3) is 1.95. The Morgan fingerprint density at radius 1 is 1.11 bits per heavy atom. The minimum atomic E-state index is 0.372. The zero-order valence-electron chi connectivity index (χ0n) is 9.50. The molecule has 6 heteroatoms. The van der Waals surface area contributed by atoms with Gasteiger partial charge in [-0.3, -0.25) is 0 Å². The number of hydrogen-bond acceptors (Lipinski definition) is 6. The zero-order valence-corrected chi connectivity index (χ0v) is 9.50. The Morgan fingerprint density at radius 3 is 2.61 bits per heavy atom. The van der Waals surface area contributed by atoms with E-state index in [1.54, 1.807) is 6.07 Å². The molecule has 0 amide bonds. The number of benzene rings is 1. The third-order valence-corrected chi connectivity index (χ3v) is 2.53. The van der Waals surface area contributed by atoms with Crippen molar-refractivity contribution in [1.29, 1.82) is 0 Å². The summed E-state index contributed by atoms with van der Waals surface area (Å²) in [5, 5.41) is 6.88. The molecule has 2 heterocycles. The molecule has 0 aliphatic rings. The van der Waals surface area contributed by atoms with Crippen LogP contribution in [0.25, 0.3) is 11.0 Å². The fraction of sp³-hybridized carbons (Fsp3) is 0.0833. The molecule has 0 fully saturated rings. The second kappa shape index (κ2) is 4.33. The van der Waals surface area contributed by atoms with Gasteiger partial charge in [-0.15, -0.1) is 0 Å². The van der Waals surface area contributed by atoms with E-state index in [-0.39, 0.29) is 0 Å². The van der Waals surface area contributed by atoms with E-state index in [2.05, 4.69) is 20.4 Å². The van der Waals surface area contributed by atoms with Gasteiger partial charge >= 0.3 is 0 Å². The first-order valence-corrected chi connectivity index (χ1v) is 5.48. The van der Waals surface area contributed by atoms with E-state index < -0.39 is 0 Å². The van der Waals surface area contributed by atoms with Crippen molar-refractivity contribution in [3.63, 3.8) is 0 Å². The van der Waals surface area contributed by atoms with E-state index in [0.29, 0.717) is 18.2 Å². The number of fused-ring (bicyclic) bond motifs is 1. The van der Waals surface area contributed by atoms with Crippen molar-refractivity contribution in [2.24, 2.45) is 0 Å². The maximum absolute atomic E-state index is 5.85. The van der Waals surface area contributed by atoms with Crippen LogP contribution in [0.2, 0.25) is 0 Å². The molecule has 0 aliphatic heterocycles. The molecule has 0 saturated carbocycles. The summed E-state index contributed by atoms with van der Waals surface area (Å²) in [5.41, 5.74) is 8.21. The first kappa shape index (κ1) is 10.5. The number of aromatic nitrogens is 3. The Kier molecular flexibility index (Phi) is 2.53. The van der Waals surface area contributed by atoms with Gasteiger partial charge in [0, 0.05) is 6.07 Å². The number of para-hydroxylation sites is 2. The molecule has 3 aromatic rings. The van der Waals surface area contributed by atoms with E-state index in [0.717, 1.165) is 16.7 Å². The minimum absolute atomic E-state index is 0.372. The number of nitrogen functional groups attached to an aromatic ring is 1. The first-order chi connectivity index (χ1) is 8.83. The molecule has 0 unspecified atom stereocenters. The summed E-state index contributed by atoms with van der Waals surface area (Å²) >= 11 is 0. The second-order valence-electron chi connectivity index (χ2n) is 3.79. The Balaban J connectivity index is 1.89. The maximum Gasteiger partial charge on any atom is 0.169 e. The minimum Gasteiger partial charge on any atom is -0.381 e. The predicted octanol–water partition coefficient (Wildman–Crippen LogP) is 1.81. The van der Waals surface area contributed by atoms with Gasteiger partial charge in [-0.05, 0) is 12.1 Å². The van der Waals surface area contributed by atoms with Crippen molar-refractivity contribution in [3.05, 3.63) is 42.3 Å². The summed E-state index contributed by atoms with van der Waals surface area (Å²) < 4.78 is 4.75. The molecular weight excluding hydrogens is 230 g/mol.